The summed E-state index contributed by atoms with van der Waals surface area (Å²) in [5.74, 6) is -2.08. The third-order valence-electron chi connectivity index (χ3n) is 7.68. The fraction of sp³-hybridized carbons (Fsp3) is 0.182. The highest BCUT2D eigenvalue weighted by Crippen LogP contribution is 2.24. The lowest BCUT2D eigenvalue weighted by atomic mass is 10.0. The molecule has 3 N–H and O–H groups in total. The average molecular weight is 581 g/mol. The van der Waals surface area contributed by atoms with Crippen molar-refractivity contribution in [3.8, 4) is 0 Å². The van der Waals surface area contributed by atoms with Gasteiger partial charge in [-0.2, -0.15) is 0 Å². The molecule has 3 heterocycles. The zero-order valence-electron chi connectivity index (χ0n) is 23.3. The molecular formula is C33H30F2N6O2. The number of aromatic amines is 1. The quantitative estimate of drug-likeness (QED) is 0.236. The van der Waals surface area contributed by atoms with Crippen LogP contribution in [0.2, 0.25) is 0 Å². The molecule has 2 aromatic heterocycles. The zero-order chi connectivity index (χ0) is 29.8. The molecule has 1 saturated heterocycles. The number of hydrogen-bond acceptors (Lipinski definition) is 5. The summed E-state index contributed by atoms with van der Waals surface area (Å²) in [6, 6.07) is 21.0. The Hall–Kier alpha value is -5.25. The lowest BCUT2D eigenvalue weighted by Gasteiger charge is -2.37. The van der Waals surface area contributed by atoms with Gasteiger partial charge in [0.2, 0.25) is 5.91 Å². The van der Waals surface area contributed by atoms with Crippen molar-refractivity contribution >= 4 is 39.8 Å². The minimum atomic E-state index is -0.977. The molecule has 0 bridgehead atoms. The van der Waals surface area contributed by atoms with E-state index >= 15 is 4.39 Å². The number of benzene rings is 3. The summed E-state index contributed by atoms with van der Waals surface area (Å²) >= 11 is 0. The van der Waals surface area contributed by atoms with Crippen LogP contribution in [0.3, 0.4) is 0 Å². The normalized spacial score (nSPS) is 14.0. The highest BCUT2D eigenvalue weighted by Gasteiger charge is 2.26. The van der Waals surface area contributed by atoms with Crippen molar-refractivity contribution in [1.29, 1.82) is 0 Å². The molecule has 6 rings (SSSR count). The summed E-state index contributed by atoms with van der Waals surface area (Å²) in [6.45, 7) is 2.53. The van der Waals surface area contributed by atoms with Crippen LogP contribution >= 0.6 is 0 Å². The number of fused-ring (bicyclic) bond motifs is 1. The summed E-state index contributed by atoms with van der Waals surface area (Å²) < 4.78 is 29.0. The maximum atomic E-state index is 15.4. The Morgan fingerprint density at radius 3 is 2.30 bits per heavy atom. The minimum Gasteiger partial charge on any atom is -0.368 e. The molecule has 1 aliphatic rings. The fourth-order valence-electron chi connectivity index (χ4n) is 5.41. The van der Waals surface area contributed by atoms with Crippen LogP contribution in [0, 0.1) is 11.6 Å². The van der Waals surface area contributed by atoms with E-state index in [2.05, 4.69) is 25.5 Å². The number of H-pyrrole nitrogens is 1. The topological polar surface area (TPSA) is 93.4 Å². The molecule has 5 aromatic rings. The minimum absolute atomic E-state index is 0.150. The molecule has 10 heteroatoms. The van der Waals surface area contributed by atoms with Crippen molar-refractivity contribution in [2.45, 2.75) is 12.5 Å². The molecular weight excluding hydrogens is 550 g/mol. The van der Waals surface area contributed by atoms with Gasteiger partial charge in [-0.15, -0.1) is 0 Å². The number of aromatic nitrogens is 2. The van der Waals surface area contributed by atoms with Gasteiger partial charge in [-0.1, -0.05) is 24.3 Å². The van der Waals surface area contributed by atoms with Gasteiger partial charge in [0.15, 0.2) is 0 Å². The van der Waals surface area contributed by atoms with Crippen LogP contribution in [0.5, 0.6) is 0 Å². The van der Waals surface area contributed by atoms with E-state index < -0.39 is 23.7 Å². The molecule has 1 aliphatic heterocycles. The third kappa shape index (κ3) is 6.33. The molecule has 43 heavy (non-hydrogen) atoms. The summed E-state index contributed by atoms with van der Waals surface area (Å²) in [6.07, 6.45) is 5.12. The van der Waals surface area contributed by atoms with Crippen molar-refractivity contribution in [2.24, 2.45) is 0 Å². The fourth-order valence-corrected chi connectivity index (χ4v) is 5.41. The molecule has 2 amide bonds. The van der Waals surface area contributed by atoms with Crippen molar-refractivity contribution < 1.29 is 18.4 Å². The van der Waals surface area contributed by atoms with E-state index in [1.54, 1.807) is 36.7 Å². The number of para-hydroxylation sites is 1. The summed E-state index contributed by atoms with van der Waals surface area (Å²) in [5.41, 5.74) is 3.61. The van der Waals surface area contributed by atoms with Gasteiger partial charge in [-0.25, -0.2) is 8.78 Å². The van der Waals surface area contributed by atoms with Crippen molar-refractivity contribution in [1.82, 2.24) is 15.3 Å². The van der Waals surface area contributed by atoms with E-state index in [1.807, 2.05) is 41.4 Å². The number of rotatable bonds is 8. The van der Waals surface area contributed by atoms with Gasteiger partial charge in [0.25, 0.3) is 5.91 Å². The molecule has 8 nitrogen and oxygen atoms in total. The van der Waals surface area contributed by atoms with Crippen molar-refractivity contribution in [2.75, 3.05) is 41.3 Å². The molecule has 1 fully saturated rings. The van der Waals surface area contributed by atoms with E-state index in [0.717, 1.165) is 22.2 Å². The first kappa shape index (κ1) is 27.9. The lowest BCUT2D eigenvalue weighted by Crippen LogP contribution is -2.46. The van der Waals surface area contributed by atoms with Gasteiger partial charge in [-0.3, -0.25) is 14.6 Å². The zero-order valence-corrected chi connectivity index (χ0v) is 23.3. The second-order valence-corrected chi connectivity index (χ2v) is 10.4. The number of nitrogens with zero attached hydrogens (tertiary/aromatic N) is 3. The Balaban J connectivity index is 1.16. The number of hydrogen-bond donors (Lipinski definition) is 3. The molecule has 0 radical (unpaired) electrons. The molecule has 3 aromatic carbocycles. The maximum Gasteiger partial charge on any atom is 0.254 e. The van der Waals surface area contributed by atoms with E-state index in [0.29, 0.717) is 37.6 Å². The van der Waals surface area contributed by atoms with Crippen LogP contribution in [0.15, 0.2) is 97.5 Å². The Kier molecular flexibility index (Phi) is 7.99. The van der Waals surface area contributed by atoms with Gasteiger partial charge in [0.1, 0.15) is 17.7 Å². The highest BCUT2D eigenvalue weighted by molar-refractivity contribution is 6.02. The third-order valence-corrected chi connectivity index (χ3v) is 7.68. The van der Waals surface area contributed by atoms with Crippen LogP contribution in [0.1, 0.15) is 15.9 Å². The Morgan fingerprint density at radius 2 is 1.58 bits per heavy atom. The maximum absolute atomic E-state index is 15.4. The monoisotopic (exact) mass is 580 g/mol. The SMILES string of the molecule is O=C(N[C@H](Cc1c[nH]c2ccccc12)C(=O)Nc1ccncc1)c1ccc(N2CCN(c3cccc(F)c3)CC2)cc1F. The lowest BCUT2D eigenvalue weighted by molar-refractivity contribution is -0.118. The van der Waals surface area contributed by atoms with Gasteiger partial charge in [-0.05, 0) is 60.2 Å². The predicted molar refractivity (Wildman–Crippen MR) is 163 cm³/mol. The van der Waals surface area contributed by atoms with Crippen molar-refractivity contribution in [3.63, 3.8) is 0 Å². The number of carbonyl (C=O) groups is 2. The molecule has 0 aliphatic carbocycles. The number of anilines is 3. The summed E-state index contributed by atoms with van der Waals surface area (Å²) in [7, 11) is 0. The summed E-state index contributed by atoms with van der Waals surface area (Å²) in [4.78, 5) is 38.0. The largest absolute Gasteiger partial charge is 0.368 e. The van der Waals surface area contributed by atoms with E-state index in [9.17, 15) is 14.0 Å². The molecule has 218 valence electrons. The first-order valence-corrected chi connectivity index (χ1v) is 14.1. The average Bonchev–Trinajstić information content (AvgIpc) is 3.44. The van der Waals surface area contributed by atoms with Crippen LogP contribution in [0.4, 0.5) is 25.8 Å². The number of carbonyl (C=O) groups excluding carboxylic acids is 2. The first-order chi connectivity index (χ1) is 20.9. The van der Waals surface area contributed by atoms with Crippen LogP contribution in [-0.2, 0) is 11.2 Å². The highest BCUT2D eigenvalue weighted by atomic mass is 19.1. The predicted octanol–water partition coefficient (Wildman–Crippen LogP) is 5.15. The standard InChI is InChI=1S/C33H30F2N6O2/c34-23-4-3-5-25(19-23)40-14-16-41(17-15-40)26-8-9-28(29(35)20-26)32(42)39-31(33(43)38-24-10-12-36-13-11-24)18-22-21-37-30-7-2-1-6-27(22)30/h1-13,19-21,31,37H,14-18H2,(H,39,42)(H,36,38,43)/t31-/m1/s1. The second kappa shape index (κ2) is 12.3. The molecule has 0 spiro atoms. The first-order valence-electron chi connectivity index (χ1n) is 14.1. The van der Waals surface area contributed by atoms with Gasteiger partial charge >= 0.3 is 0 Å². The summed E-state index contributed by atoms with van der Waals surface area (Å²) in [5, 5.41) is 6.51. The molecule has 0 saturated carbocycles. The molecule has 0 unspecified atom stereocenters. The van der Waals surface area contributed by atoms with Crippen LogP contribution in [-0.4, -0.2) is 54.0 Å². The van der Waals surface area contributed by atoms with E-state index in [-0.39, 0.29) is 17.8 Å². The Bertz CT molecular complexity index is 1750. The van der Waals surface area contributed by atoms with E-state index in [4.69, 9.17) is 0 Å². The number of halogens is 2. The number of nitrogens with one attached hydrogen (secondary N) is 3. The van der Waals surface area contributed by atoms with Gasteiger partial charge in [0, 0.05) is 79.2 Å². The smallest absolute Gasteiger partial charge is 0.254 e. The molecule has 1 atom stereocenters. The van der Waals surface area contributed by atoms with Gasteiger partial charge < -0.3 is 25.4 Å². The van der Waals surface area contributed by atoms with Crippen molar-refractivity contribution in [3.05, 3.63) is 120 Å². The number of amides is 2. The van der Waals surface area contributed by atoms with Gasteiger partial charge in [0.05, 0.1) is 5.56 Å². The Labute approximate surface area is 247 Å². The van der Waals surface area contributed by atoms with Crippen LogP contribution in [0.25, 0.3) is 10.9 Å². The number of pyridine rings is 1. The van der Waals surface area contributed by atoms with Crippen LogP contribution < -0.4 is 20.4 Å². The number of piperazine rings is 1. The second-order valence-electron chi connectivity index (χ2n) is 10.4. The Morgan fingerprint density at radius 1 is 0.860 bits per heavy atom. The van der Waals surface area contributed by atoms with E-state index in [1.165, 1.54) is 24.3 Å².